The Morgan fingerprint density at radius 2 is 0.877 bits per heavy atom. The molecule has 5 heteroatoms. The van der Waals surface area contributed by atoms with Gasteiger partial charge in [0.25, 0.3) is 6.71 Å². The highest BCUT2D eigenvalue weighted by molar-refractivity contribution is 7.00. The molecule has 0 unspecified atom stereocenters. The number of benzene rings is 10. The topological polar surface area (TPSA) is 24.0 Å². The molecule has 13 aromatic rings. The van der Waals surface area contributed by atoms with Crippen LogP contribution in [0.2, 0.25) is 0 Å². The van der Waals surface area contributed by atoms with E-state index in [0.29, 0.717) is 0 Å². The van der Waals surface area contributed by atoms with E-state index in [2.05, 4.69) is 264 Å². The molecular weight excluding hydrogens is 982 g/mol. The van der Waals surface area contributed by atoms with E-state index in [1.807, 2.05) is 0 Å². The number of fused-ring (bicyclic) bond motifs is 15. The SMILES string of the molecule is CC1(C)CCC(C)(C)c2cc(N3c4cc5c(cc4B4c6ccc(-c7ccc8oc9ccccc9c8c7)cc6N(c6ccccc6)c6cc(-c7ccc8c(c7)c7cccc9c%10ccccc%10n8c97)cc3c64)C(C)(C)CCC5(C)C)ccc21. The van der Waals surface area contributed by atoms with Crippen molar-refractivity contribution < 1.29 is 4.42 Å². The largest absolute Gasteiger partial charge is 0.456 e. The van der Waals surface area contributed by atoms with Gasteiger partial charge < -0.3 is 18.6 Å². The summed E-state index contributed by atoms with van der Waals surface area (Å²) >= 11 is 0. The number of aromatic nitrogens is 1. The Kier molecular flexibility index (Phi) is 9.40. The van der Waals surface area contributed by atoms with Gasteiger partial charge in [-0.2, -0.15) is 0 Å². The molecule has 392 valence electrons. The summed E-state index contributed by atoms with van der Waals surface area (Å²) in [4.78, 5) is 5.31. The van der Waals surface area contributed by atoms with E-state index < -0.39 is 0 Å². The zero-order chi connectivity index (χ0) is 54.6. The molecule has 0 atom stereocenters. The molecule has 0 saturated carbocycles. The Labute approximate surface area is 474 Å². The van der Waals surface area contributed by atoms with Gasteiger partial charge in [-0.3, -0.25) is 0 Å². The van der Waals surface area contributed by atoms with Crippen molar-refractivity contribution in [2.45, 2.75) is 103 Å². The van der Waals surface area contributed by atoms with Crippen LogP contribution >= 0.6 is 0 Å². The van der Waals surface area contributed by atoms with Crippen molar-refractivity contribution in [1.29, 1.82) is 0 Å². The van der Waals surface area contributed by atoms with E-state index in [-0.39, 0.29) is 28.4 Å². The molecule has 4 nitrogen and oxygen atoms in total. The van der Waals surface area contributed by atoms with Gasteiger partial charge in [-0.25, -0.2) is 0 Å². The first-order valence-electron chi connectivity index (χ1n) is 29.5. The third-order valence-corrected chi connectivity index (χ3v) is 20.4. The predicted molar refractivity (Wildman–Crippen MR) is 344 cm³/mol. The number of rotatable bonds is 4. The number of anilines is 6. The number of para-hydroxylation sites is 4. The fraction of sp³-hybridized carbons (Fsp3) is 0.211. The highest BCUT2D eigenvalue weighted by Crippen LogP contribution is 2.54. The van der Waals surface area contributed by atoms with Crippen molar-refractivity contribution in [3.63, 3.8) is 0 Å². The van der Waals surface area contributed by atoms with E-state index in [1.54, 1.807) is 0 Å². The van der Waals surface area contributed by atoms with Gasteiger partial charge >= 0.3 is 0 Å². The van der Waals surface area contributed by atoms with Gasteiger partial charge in [0.15, 0.2) is 0 Å². The summed E-state index contributed by atoms with van der Waals surface area (Å²) in [5.41, 5.74) is 27.8. The van der Waals surface area contributed by atoms with Gasteiger partial charge in [-0.1, -0.05) is 165 Å². The maximum absolute atomic E-state index is 6.38. The van der Waals surface area contributed by atoms with Crippen molar-refractivity contribution >= 4 is 117 Å². The first-order chi connectivity index (χ1) is 39.1. The fourth-order valence-electron chi connectivity index (χ4n) is 15.8. The zero-order valence-electron chi connectivity index (χ0n) is 47.6. The van der Waals surface area contributed by atoms with Crippen LogP contribution in [0.4, 0.5) is 34.1 Å². The summed E-state index contributed by atoms with van der Waals surface area (Å²) in [5.74, 6) is 0. The van der Waals surface area contributed by atoms with Crippen molar-refractivity contribution in [3.05, 3.63) is 216 Å². The summed E-state index contributed by atoms with van der Waals surface area (Å²) in [5, 5.41) is 7.45. The second kappa shape index (κ2) is 16.1. The molecule has 0 fully saturated rings. The standard InChI is InChI=1S/C76H64BN3O/c1-73(2)33-34-74(3,4)58-42-50(28-29-57(58)73)79-66-44-60-59(75(5,6)35-36-76(60,7)8)43-62(66)77-61-30-25-47(45-27-32-70-56(38-45)52-20-13-15-24-69(52)81-70)39-65(61)78(49-17-10-9-11-18-49)67-40-48(41-68(79)71(67)77)46-26-31-64-55(37-46)54-22-16-21-53-51-19-12-14-23-63(51)80(64)72(53)54/h9-32,37-44H,33-36H2,1-8H3. The van der Waals surface area contributed by atoms with Crippen LogP contribution in [-0.2, 0) is 21.7 Å². The maximum atomic E-state index is 6.38. The van der Waals surface area contributed by atoms with Crippen molar-refractivity contribution in [2.75, 3.05) is 9.80 Å². The minimum absolute atomic E-state index is 0.00313. The molecule has 5 heterocycles. The average molecular weight is 1050 g/mol. The highest BCUT2D eigenvalue weighted by Gasteiger charge is 2.47. The molecule has 0 N–H and O–H groups in total. The molecule has 4 aliphatic rings. The lowest BCUT2D eigenvalue weighted by Crippen LogP contribution is -2.61. The Bertz CT molecular complexity index is 4860. The second-order valence-electron chi connectivity index (χ2n) is 27.0. The third-order valence-electron chi connectivity index (χ3n) is 20.4. The first kappa shape index (κ1) is 47.3. The van der Waals surface area contributed by atoms with E-state index in [9.17, 15) is 0 Å². The monoisotopic (exact) mass is 1050 g/mol. The number of nitrogens with zero attached hydrogens (tertiary/aromatic N) is 3. The molecule has 0 bridgehead atoms. The molecule has 0 amide bonds. The lowest BCUT2D eigenvalue weighted by molar-refractivity contribution is 0.332. The van der Waals surface area contributed by atoms with Crippen LogP contribution in [-0.4, -0.2) is 11.1 Å². The van der Waals surface area contributed by atoms with E-state index in [4.69, 9.17) is 4.42 Å². The van der Waals surface area contributed by atoms with Gasteiger partial charge in [-0.15, -0.1) is 0 Å². The first-order valence-corrected chi connectivity index (χ1v) is 29.5. The summed E-state index contributed by atoms with van der Waals surface area (Å²) in [6, 6.07) is 74.7. The van der Waals surface area contributed by atoms with E-state index in [0.717, 1.165) is 46.9 Å². The average Bonchev–Trinajstić information content (AvgIpc) is 2.55. The van der Waals surface area contributed by atoms with E-state index >= 15 is 0 Å². The lowest BCUT2D eigenvalue weighted by Gasteiger charge is -2.48. The van der Waals surface area contributed by atoms with Crippen LogP contribution in [0.1, 0.15) is 103 Å². The Morgan fingerprint density at radius 1 is 0.346 bits per heavy atom. The number of furan rings is 1. The summed E-state index contributed by atoms with van der Waals surface area (Å²) in [6.07, 6.45) is 4.62. The second-order valence-corrected chi connectivity index (χ2v) is 27.0. The Morgan fingerprint density at radius 3 is 1.64 bits per heavy atom. The highest BCUT2D eigenvalue weighted by atomic mass is 16.3. The molecule has 3 aromatic heterocycles. The van der Waals surface area contributed by atoms with Gasteiger partial charge in [0.05, 0.1) is 16.6 Å². The Hall–Kier alpha value is -8.54. The van der Waals surface area contributed by atoms with Crippen LogP contribution in [0.15, 0.2) is 199 Å². The van der Waals surface area contributed by atoms with Gasteiger partial charge in [0.2, 0.25) is 0 Å². The molecule has 10 aromatic carbocycles. The molecule has 2 aliphatic heterocycles. The van der Waals surface area contributed by atoms with Gasteiger partial charge in [0.1, 0.15) is 11.2 Å². The Balaban J connectivity index is 0.979. The molecular formula is C76H64BN3O. The normalized spacial score (nSPS) is 17.3. The van der Waals surface area contributed by atoms with Crippen LogP contribution in [0.3, 0.4) is 0 Å². The molecule has 17 rings (SSSR count). The van der Waals surface area contributed by atoms with Crippen LogP contribution in [0.5, 0.6) is 0 Å². The summed E-state index contributed by atoms with van der Waals surface area (Å²) in [7, 11) is 0. The maximum Gasteiger partial charge on any atom is 0.252 e. The predicted octanol–water partition coefficient (Wildman–Crippen LogP) is 18.9. The van der Waals surface area contributed by atoms with Crippen molar-refractivity contribution in [1.82, 2.24) is 4.40 Å². The fourth-order valence-corrected chi connectivity index (χ4v) is 15.8. The lowest BCUT2D eigenvalue weighted by atomic mass is 9.33. The van der Waals surface area contributed by atoms with E-state index in [1.165, 1.54) is 134 Å². The minimum Gasteiger partial charge on any atom is -0.456 e. The van der Waals surface area contributed by atoms with Crippen LogP contribution < -0.4 is 26.2 Å². The molecule has 0 spiro atoms. The summed E-state index contributed by atoms with van der Waals surface area (Å²) < 4.78 is 8.88. The minimum atomic E-state index is -0.0458. The smallest absolute Gasteiger partial charge is 0.252 e. The molecule has 2 aliphatic carbocycles. The quantitative estimate of drug-likeness (QED) is 0.164. The molecule has 81 heavy (non-hydrogen) atoms. The van der Waals surface area contributed by atoms with Gasteiger partial charge in [-0.05, 0) is 193 Å². The number of hydrogen-bond donors (Lipinski definition) is 0. The van der Waals surface area contributed by atoms with Crippen molar-refractivity contribution in [3.8, 4) is 22.3 Å². The zero-order valence-corrected chi connectivity index (χ0v) is 47.6. The summed E-state index contributed by atoms with van der Waals surface area (Å²) in [6.45, 7) is 19.8. The molecule has 0 radical (unpaired) electrons. The molecule has 0 saturated heterocycles. The van der Waals surface area contributed by atoms with Crippen molar-refractivity contribution in [2.24, 2.45) is 0 Å². The van der Waals surface area contributed by atoms with Gasteiger partial charge in [0, 0.05) is 66.4 Å². The van der Waals surface area contributed by atoms with Crippen LogP contribution in [0, 0.1) is 0 Å². The number of hydrogen-bond acceptors (Lipinski definition) is 3. The third kappa shape index (κ3) is 6.55. The van der Waals surface area contributed by atoms with Crippen LogP contribution in [0.25, 0.3) is 82.3 Å².